The number of aliphatic hydroxyl groups excluding tert-OH is 7. The third kappa shape index (κ3) is 9.37. The smallest absolute Gasteiger partial charge is 0.187 e. The molecule has 0 aromatic carbocycles. The van der Waals surface area contributed by atoms with Gasteiger partial charge in [-0.1, -0.05) is 51.9 Å². The molecule has 0 amide bonds. The van der Waals surface area contributed by atoms with Gasteiger partial charge in [0.1, 0.15) is 48.8 Å². The largest absolute Gasteiger partial charge is 0.394 e. The Morgan fingerprint density at radius 1 is 0.583 bits per heavy atom. The Morgan fingerprint density at radius 2 is 1.17 bits per heavy atom. The van der Waals surface area contributed by atoms with Crippen molar-refractivity contribution in [2.75, 3.05) is 33.0 Å². The van der Waals surface area contributed by atoms with Gasteiger partial charge in [0.05, 0.1) is 26.4 Å². The van der Waals surface area contributed by atoms with E-state index < -0.39 is 74.6 Å². The molecule has 2 aliphatic rings. The van der Waals surface area contributed by atoms with Crippen LogP contribution in [0.5, 0.6) is 0 Å². The maximum Gasteiger partial charge on any atom is 0.187 e. The van der Waals surface area contributed by atoms with Gasteiger partial charge in [-0.3, -0.25) is 0 Å². The van der Waals surface area contributed by atoms with Gasteiger partial charge in [-0.25, -0.2) is 0 Å². The summed E-state index contributed by atoms with van der Waals surface area (Å²) in [5.41, 5.74) is 0. The molecular weight excluding hydrogens is 480 g/mol. The van der Waals surface area contributed by atoms with Crippen LogP contribution in [0.4, 0.5) is 0 Å². The lowest BCUT2D eigenvalue weighted by Gasteiger charge is -2.45. The zero-order valence-electron chi connectivity index (χ0n) is 21.1. The van der Waals surface area contributed by atoms with E-state index in [-0.39, 0.29) is 13.2 Å². The van der Waals surface area contributed by atoms with Gasteiger partial charge in [0.25, 0.3) is 0 Å². The first-order valence-electron chi connectivity index (χ1n) is 13.1. The average Bonchev–Trinajstić information content (AvgIpc) is 2.88. The van der Waals surface area contributed by atoms with Crippen molar-refractivity contribution in [1.29, 1.82) is 0 Å². The van der Waals surface area contributed by atoms with Gasteiger partial charge in [0.15, 0.2) is 12.6 Å². The minimum Gasteiger partial charge on any atom is -0.394 e. The summed E-state index contributed by atoms with van der Waals surface area (Å²) >= 11 is 0. The summed E-state index contributed by atoms with van der Waals surface area (Å²) in [6.07, 6.45) is -5.02. The molecule has 0 bridgehead atoms. The van der Waals surface area contributed by atoms with E-state index in [1.54, 1.807) is 0 Å². The molecule has 0 saturated carbocycles. The highest BCUT2D eigenvalue weighted by Gasteiger charge is 2.50. The second-order valence-corrected chi connectivity index (χ2v) is 9.46. The average molecular weight is 527 g/mol. The lowest BCUT2D eigenvalue weighted by molar-refractivity contribution is -0.359. The molecule has 36 heavy (non-hydrogen) atoms. The molecule has 0 aromatic rings. The van der Waals surface area contributed by atoms with E-state index in [9.17, 15) is 35.7 Å². The number of hydrogen-bond acceptors (Lipinski definition) is 12. The van der Waals surface area contributed by atoms with Gasteiger partial charge in [-0.05, 0) is 6.42 Å². The minimum absolute atomic E-state index is 0.0991. The van der Waals surface area contributed by atoms with E-state index in [1.165, 1.54) is 38.5 Å². The van der Waals surface area contributed by atoms with Crippen LogP contribution in [0.15, 0.2) is 0 Å². The highest BCUT2D eigenvalue weighted by Crippen LogP contribution is 2.29. The minimum atomic E-state index is -1.71. The molecule has 0 aliphatic carbocycles. The molecule has 214 valence electrons. The SMILES string of the molecule is CCCCCCCCCCOCCOC1OC(CO)[C@@H](OC2OC(CO)[C@@H](O)C(O)C2O)C(O)C1O. The van der Waals surface area contributed by atoms with Crippen LogP contribution in [0, 0.1) is 0 Å². The van der Waals surface area contributed by atoms with Crippen molar-refractivity contribution < 1.29 is 59.4 Å². The van der Waals surface area contributed by atoms with E-state index >= 15 is 0 Å². The number of hydrogen-bond donors (Lipinski definition) is 7. The Morgan fingerprint density at radius 3 is 1.81 bits per heavy atom. The fourth-order valence-electron chi connectivity index (χ4n) is 4.36. The fraction of sp³-hybridized carbons (Fsp3) is 1.00. The molecule has 2 heterocycles. The van der Waals surface area contributed by atoms with Crippen LogP contribution in [0.2, 0.25) is 0 Å². The summed E-state index contributed by atoms with van der Waals surface area (Å²) in [4.78, 5) is 0. The fourth-order valence-corrected chi connectivity index (χ4v) is 4.36. The van der Waals surface area contributed by atoms with Crippen LogP contribution < -0.4 is 0 Å². The normalized spacial score (nSPS) is 37.3. The lowest BCUT2D eigenvalue weighted by atomic mass is 9.97. The van der Waals surface area contributed by atoms with E-state index in [4.69, 9.17) is 23.7 Å². The summed E-state index contributed by atoms with van der Waals surface area (Å²) in [7, 11) is 0. The predicted molar refractivity (Wildman–Crippen MR) is 126 cm³/mol. The predicted octanol–water partition coefficient (Wildman–Crippen LogP) is -1.22. The second kappa shape index (κ2) is 17.2. The number of aliphatic hydroxyl groups is 7. The molecule has 2 rings (SSSR count). The zero-order chi connectivity index (χ0) is 26.5. The Bertz CT molecular complexity index is 565. The molecule has 8 unspecified atom stereocenters. The molecular formula is C24H46O12. The monoisotopic (exact) mass is 526 g/mol. The lowest BCUT2D eigenvalue weighted by Crippen LogP contribution is -2.64. The van der Waals surface area contributed by atoms with Gasteiger partial charge in [0, 0.05) is 6.61 Å². The topological polar surface area (TPSA) is 188 Å². The Kier molecular flexibility index (Phi) is 15.1. The van der Waals surface area contributed by atoms with Gasteiger partial charge in [-0.15, -0.1) is 0 Å². The van der Waals surface area contributed by atoms with Gasteiger partial charge in [-0.2, -0.15) is 0 Å². The van der Waals surface area contributed by atoms with Crippen LogP contribution in [0.1, 0.15) is 58.3 Å². The van der Waals surface area contributed by atoms with Crippen molar-refractivity contribution in [3.63, 3.8) is 0 Å². The summed E-state index contributed by atoms with van der Waals surface area (Å²) in [5, 5.41) is 70.1. The summed E-state index contributed by atoms with van der Waals surface area (Å²) < 4.78 is 27.4. The van der Waals surface area contributed by atoms with Crippen LogP contribution in [-0.2, 0) is 23.7 Å². The summed E-state index contributed by atoms with van der Waals surface area (Å²) in [6, 6.07) is 0. The van der Waals surface area contributed by atoms with Crippen molar-refractivity contribution in [3.05, 3.63) is 0 Å². The molecule has 0 aromatic heterocycles. The molecule has 7 N–H and O–H groups in total. The van der Waals surface area contributed by atoms with Crippen molar-refractivity contribution in [2.24, 2.45) is 0 Å². The first kappa shape index (κ1) is 31.7. The molecule has 2 fully saturated rings. The maximum absolute atomic E-state index is 10.6. The van der Waals surface area contributed by atoms with Crippen LogP contribution in [-0.4, -0.2) is 130 Å². The molecule has 10 atom stereocenters. The molecule has 2 aliphatic heterocycles. The Balaban J connectivity index is 1.71. The maximum atomic E-state index is 10.6. The van der Waals surface area contributed by atoms with Gasteiger partial charge < -0.3 is 59.4 Å². The van der Waals surface area contributed by atoms with Gasteiger partial charge >= 0.3 is 0 Å². The zero-order valence-corrected chi connectivity index (χ0v) is 21.1. The van der Waals surface area contributed by atoms with Crippen LogP contribution >= 0.6 is 0 Å². The summed E-state index contributed by atoms with van der Waals surface area (Å²) in [6.45, 7) is 1.91. The number of ether oxygens (including phenoxy) is 5. The third-order valence-electron chi connectivity index (χ3n) is 6.61. The van der Waals surface area contributed by atoms with Crippen LogP contribution in [0.3, 0.4) is 0 Å². The van der Waals surface area contributed by atoms with Crippen LogP contribution in [0.25, 0.3) is 0 Å². The van der Waals surface area contributed by atoms with Crippen molar-refractivity contribution >= 4 is 0 Å². The van der Waals surface area contributed by atoms with Crippen molar-refractivity contribution in [3.8, 4) is 0 Å². The number of unbranched alkanes of at least 4 members (excludes halogenated alkanes) is 7. The van der Waals surface area contributed by atoms with E-state index in [0.29, 0.717) is 6.61 Å². The summed E-state index contributed by atoms with van der Waals surface area (Å²) in [5.74, 6) is 0. The van der Waals surface area contributed by atoms with E-state index in [0.717, 1.165) is 12.8 Å². The highest BCUT2D eigenvalue weighted by atomic mass is 16.7. The standard InChI is InChI=1S/C24H46O12/c1-2-3-4-5-6-7-8-9-10-32-11-12-33-23-21(31)19(29)22(16(14-26)35-23)36-24-20(30)18(28)17(27)15(13-25)34-24/h15-31H,2-14H2,1H3/t15?,16?,17-,18?,19?,20?,21?,22-,23?,24?/m1/s1. The molecule has 0 radical (unpaired) electrons. The first-order chi connectivity index (χ1) is 17.3. The van der Waals surface area contributed by atoms with Crippen molar-refractivity contribution in [1.82, 2.24) is 0 Å². The van der Waals surface area contributed by atoms with E-state index in [1.807, 2.05) is 0 Å². The Labute approximate surface area is 212 Å². The van der Waals surface area contributed by atoms with Gasteiger partial charge in [0.2, 0.25) is 0 Å². The van der Waals surface area contributed by atoms with Crippen molar-refractivity contribution in [2.45, 2.75) is 120 Å². The molecule has 12 nitrogen and oxygen atoms in total. The number of rotatable bonds is 17. The second-order valence-electron chi connectivity index (χ2n) is 9.46. The van der Waals surface area contributed by atoms with E-state index in [2.05, 4.69) is 6.92 Å². The molecule has 0 spiro atoms. The quantitative estimate of drug-likeness (QED) is 0.112. The first-order valence-corrected chi connectivity index (χ1v) is 13.1. The third-order valence-corrected chi connectivity index (χ3v) is 6.61. The highest BCUT2D eigenvalue weighted by molar-refractivity contribution is 4.94. The molecule has 2 saturated heterocycles. The Hall–Kier alpha value is -0.480. The molecule has 12 heteroatoms.